The molecule has 0 unspecified atom stereocenters. The second kappa shape index (κ2) is 7.07. The predicted molar refractivity (Wildman–Crippen MR) is 93.7 cm³/mol. The van der Waals surface area contributed by atoms with Gasteiger partial charge in [0.1, 0.15) is 17.8 Å². The molecule has 3 aromatic heterocycles. The average Bonchev–Trinajstić information content (AvgIpc) is 3.32. The van der Waals surface area contributed by atoms with Crippen LogP contribution in [0.25, 0.3) is 17.3 Å². The Balaban J connectivity index is 1.46. The summed E-state index contributed by atoms with van der Waals surface area (Å²) in [6.45, 7) is 1.76. The van der Waals surface area contributed by atoms with E-state index in [-0.39, 0.29) is 11.9 Å². The highest BCUT2D eigenvalue weighted by Gasteiger charge is 2.18. The molecule has 0 aromatic carbocycles. The third-order valence-electron chi connectivity index (χ3n) is 4.54. The van der Waals surface area contributed by atoms with Crippen molar-refractivity contribution in [3.8, 4) is 17.3 Å². The van der Waals surface area contributed by atoms with Crippen molar-refractivity contribution in [1.29, 1.82) is 0 Å². The topological polar surface area (TPSA) is 98.7 Å². The van der Waals surface area contributed by atoms with Gasteiger partial charge >= 0.3 is 0 Å². The normalized spacial score (nSPS) is 15.1. The standard InChI is InChI=1S/C18H20N6O2/c1-12-21-18(26-23-12)13-7-8-16(19-9-13)24-10-15(20-11-24)17(25)22-14-5-3-2-4-6-14/h7-11,14H,2-6H2,1H3,(H,22,25). The van der Waals surface area contributed by atoms with Gasteiger partial charge in [-0.3, -0.25) is 9.36 Å². The predicted octanol–water partition coefficient (Wildman–Crippen LogP) is 2.69. The molecule has 3 heterocycles. The first-order chi connectivity index (χ1) is 12.7. The highest BCUT2D eigenvalue weighted by molar-refractivity contribution is 5.92. The Bertz CT molecular complexity index is 893. The maximum atomic E-state index is 12.4. The zero-order valence-corrected chi connectivity index (χ0v) is 14.6. The van der Waals surface area contributed by atoms with Crippen molar-refractivity contribution in [2.45, 2.75) is 45.1 Å². The number of nitrogens with one attached hydrogen (secondary N) is 1. The molecule has 1 aliphatic rings. The largest absolute Gasteiger partial charge is 0.348 e. The number of nitrogens with zero attached hydrogens (tertiary/aromatic N) is 5. The van der Waals surface area contributed by atoms with Gasteiger partial charge in [0.25, 0.3) is 11.8 Å². The molecule has 0 aliphatic heterocycles. The van der Waals surface area contributed by atoms with Crippen LogP contribution in [-0.4, -0.2) is 36.6 Å². The van der Waals surface area contributed by atoms with E-state index in [4.69, 9.17) is 4.52 Å². The smallest absolute Gasteiger partial charge is 0.271 e. The highest BCUT2D eigenvalue weighted by Crippen LogP contribution is 2.19. The van der Waals surface area contributed by atoms with E-state index < -0.39 is 0 Å². The van der Waals surface area contributed by atoms with Crippen LogP contribution in [-0.2, 0) is 0 Å². The van der Waals surface area contributed by atoms with Gasteiger partial charge in [-0.05, 0) is 31.9 Å². The summed E-state index contributed by atoms with van der Waals surface area (Å²) in [5.41, 5.74) is 1.14. The van der Waals surface area contributed by atoms with Crippen LogP contribution < -0.4 is 5.32 Å². The lowest BCUT2D eigenvalue weighted by Crippen LogP contribution is -2.36. The quantitative estimate of drug-likeness (QED) is 0.775. The van der Waals surface area contributed by atoms with Gasteiger partial charge in [-0.2, -0.15) is 4.98 Å². The number of aryl methyl sites for hydroxylation is 1. The number of hydrogen-bond acceptors (Lipinski definition) is 6. The third-order valence-corrected chi connectivity index (χ3v) is 4.54. The Hall–Kier alpha value is -3.03. The molecule has 0 radical (unpaired) electrons. The first kappa shape index (κ1) is 16.4. The molecule has 1 amide bonds. The fourth-order valence-corrected chi connectivity index (χ4v) is 3.15. The minimum absolute atomic E-state index is 0.131. The van der Waals surface area contributed by atoms with Gasteiger partial charge < -0.3 is 9.84 Å². The molecule has 1 aliphatic carbocycles. The Labute approximate surface area is 150 Å². The van der Waals surface area contributed by atoms with Crippen molar-refractivity contribution in [2.24, 2.45) is 0 Å². The fraction of sp³-hybridized carbons (Fsp3) is 0.389. The first-order valence-corrected chi connectivity index (χ1v) is 8.81. The second-order valence-corrected chi connectivity index (χ2v) is 6.53. The lowest BCUT2D eigenvalue weighted by molar-refractivity contribution is 0.0923. The van der Waals surface area contributed by atoms with Gasteiger partial charge in [0.15, 0.2) is 5.82 Å². The van der Waals surface area contributed by atoms with E-state index >= 15 is 0 Å². The van der Waals surface area contributed by atoms with Crippen molar-refractivity contribution < 1.29 is 9.32 Å². The Morgan fingerprint density at radius 1 is 1.23 bits per heavy atom. The van der Waals surface area contributed by atoms with Crippen LogP contribution in [0.2, 0.25) is 0 Å². The lowest BCUT2D eigenvalue weighted by Gasteiger charge is -2.22. The molecule has 0 saturated heterocycles. The van der Waals surface area contributed by atoms with Crippen LogP contribution in [0.1, 0.15) is 48.4 Å². The molecule has 4 rings (SSSR count). The van der Waals surface area contributed by atoms with Crippen LogP contribution in [0.4, 0.5) is 0 Å². The average molecular weight is 352 g/mol. The molecule has 8 heteroatoms. The summed E-state index contributed by atoms with van der Waals surface area (Å²) in [6, 6.07) is 3.92. The Kier molecular flexibility index (Phi) is 4.47. The molecular weight excluding hydrogens is 332 g/mol. The van der Waals surface area contributed by atoms with E-state index in [1.54, 1.807) is 30.2 Å². The SMILES string of the molecule is Cc1noc(-c2ccc(-n3cnc(C(=O)NC4CCCCC4)c3)nc2)n1. The van der Waals surface area contributed by atoms with E-state index in [9.17, 15) is 4.79 Å². The lowest BCUT2D eigenvalue weighted by atomic mass is 9.95. The Morgan fingerprint density at radius 2 is 2.08 bits per heavy atom. The number of imidazole rings is 1. The van der Waals surface area contributed by atoms with Crippen molar-refractivity contribution in [3.05, 3.63) is 42.4 Å². The number of rotatable bonds is 4. The fourth-order valence-electron chi connectivity index (χ4n) is 3.15. The van der Waals surface area contributed by atoms with Crippen LogP contribution in [0.3, 0.4) is 0 Å². The van der Waals surface area contributed by atoms with Gasteiger partial charge in [0.2, 0.25) is 0 Å². The maximum Gasteiger partial charge on any atom is 0.271 e. The van der Waals surface area contributed by atoms with Gasteiger partial charge in [0, 0.05) is 18.4 Å². The number of amides is 1. The minimum atomic E-state index is -0.131. The molecule has 1 fully saturated rings. The molecule has 8 nitrogen and oxygen atoms in total. The van der Waals surface area contributed by atoms with Gasteiger partial charge in [0.05, 0.1) is 5.56 Å². The van der Waals surface area contributed by atoms with E-state index in [1.807, 2.05) is 12.1 Å². The van der Waals surface area contributed by atoms with Crippen LogP contribution >= 0.6 is 0 Å². The molecule has 1 N–H and O–H groups in total. The molecule has 0 spiro atoms. The molecular formula is C18H20N6O2. The number of aromatic nitrogens is 5. The van der Waals surface area contributed by atoms with Gasteiger partial charge in [-0.15, -0.1) is 0 Å². The zero-order chi connectivity index (χ0) is 17.9. The van der Waals surface area contributed by atoms with Crippen molar-refractivity contribution in [1.82, 2.24) is 30.0 Å². The number of carbonyl (C=O) groups is 1. The minimum Gasteiger partial charge on any atom is -0.348 e. The Morgan fingerprint density at radius 3 is 2.77 bits per heavy atom. The summed E-state index contributed by atoms with van der Waals surface area (Å²) in [4.78, 5) is 25.1. The monoisotopic (exact) mass is 352 g/mol. The highest BCUT2D eigenvalue weighted by atomic mass is 16.5. The summed E-state index contributed by atoms with van der Waals surface area (Å²) < 4.78 is 6.85. The molecule has 26 heavy (non-hydrogen) atoms. The summed E-state index contributed by atoms with van der Waals surface area (Å²) in [5, 5.41) is 6.84. The number of hydrogen-bond donors (Lipinski definition) is 1. The summed E-state index contributed by atoms with van der Waals surface area (Å²) in [6.07, 6.45) is 10.6. The first-order valence-electron chi connectivity index (χ1n) is 8.81. The maximum absolute atomic E-state index is 12.4. The van der Waals surface area contributed by atoms with Crippen LogP contribution in [0, 0.1) is 6.92 Å². The molecule has 134 valence electrons. The second-order valence-electron chi connectivity index (χ2n) is 6.53. The van der Waals surface area contributed by atoms with Gasteiger partial charge in [-0.1, -0.05) is 24.4 Å². The molecule has 0 atom stereocenters. The summed E-state index contributed by atoms with van der Waals surface area (Å²) >= 11 is 0. The van der Waals surface area contributed by atoms with E-state index in [1.165, 1.54) is 19.3 Å². The van der Waals surface area contributed by atoms with Gasteiger partial charge in [-0.25, -0.2) is 9.97 Å². The summed E-state index contributed by atoms with van der Waals surface area (Å²) in [7, 11) is 0. The van der Waals surface area contributed by atoms with Crippen molar-refractivity contribution >= 4 is 5.91 Å². The van der Waals surface area contributed by atoms with Crippen molar-refractivity contribution in [3.63, 3.8) is 0 Å². The molecule has 1 saturated carbocycles. The van der Waals surface area contributed by atoms with E-state index in [0.29, 0.717) is 23.2 Å². The van der Waals surface area contributed by atoms with Crippen molar-refractivity contribution in [2.75, 3.05) is 0 Å². The number of pyridine rings is 1. The third kappa shape index (κ3) is 3.49. The van der Waals surface area contributed by atoms with E-state index in [0.717, 1.165) is 18.4 Å². The molecule has 0 bridgehead atoms. The zero-order valence-electron chi connectivity index (χ0n) is 14.6. The van der Waals surface area contributed by atoms with Crippen LogP contribution in [0.5, 0.6) is 0 Å². The summed E-state index contributed by atoms with van der Waals surface area (Å²) in [5.74, 6) is 1.54. The number of carbonyl (C=O) groups excluding carboxylic acids is 1. The molecule has 3 aromatic rings. The van der Waals surface area contributed by atoms with Crippen LogP contribution in [0.15, 0.2) is 35.4 Å². The van der Waals surface area contributed by atoms with E-state index in [2.05, 4.69) is 25.4 Å².